The van der Waals surface area contributed by atoms with Crippen LogP contribution < -0.4 is 0 Å². The van der Waals surface area contributed by atoms with Gasteiger partial charge < -0.3 is 4.74 Å². The van der Waals surface area contributed by atoms with E-state index in [0.717, 1.165) is 19.3 Å². The Labute approximate surface area is 169 Å². The summed E-state index contributed by atoms with van der Waals surface area (Å²) < 4.78 is 31.7. The lowest BCUT2D eigenvalue weighted by Crippen LogP contribution is -2.35. The Morgan fingerprint density at radius 1 is 0.964 bits per heavy atom. The van der Waals surface area contributed by atoms with Gasteiger partial charge in [-0.15, -0.1) is 0 Å². The van der Waals surface area contributed by atoms with Crippen LogP contribution in [0.25, 0.3) is 0 Å². The van der Waals surface area contributed by atoms with Crippen LogP contribution >= 0.6 is 11.6 Å². The molecule has 1 aliphatic rings. The highest BCUT2D eigenvalue weighted by atomic mass is 35.5. The third-order valence-electron chi connectivity index (χ3n) is 4.52. The number of piperidine rings is 1. The number of hydrogen-bond donors (Lipinski definition) is 0. The molecule has 0 aliphatic carbocycles. The fourth-order valence-electron chi connectivity index (χ4n) is 2.98. The van der Waals surface area contributed by atoms with Gasteiger partial charge in [0.1, 0.15) is 0 Å². The molecule has 1 saturated heterocycles. The van der Waals surface area contributed by atoms with Crippen LogP contribution in [0.3, 0.4) is 0 Å². The van der Waals surface area contributed by atoms with E-state index < -0.39 is 22.6 Å². The lowest BCUT2D eigenvalue weighted by atomic mass is 10.1. The monoisotopic (exact) mass is 421 g/mol. The second kappa shape index (κ2) is 8.86. The molecule has 2 aromatic carbocycles. The van der Waals surface area contributed by atoms with Gasteiger partial charge in [0.05, 0.1) is 10.5 Å². The van der Waals surface area contributed by atoms with Crippen molar-refractivity contribution >= 4 is 33.4 Å². The van der Waals surface area contributed by atoms with Crippen LogP contribution in [-0.2, 0) is 14.8 Å². The highest BCUT2D eigenvalue weighted by Gasteiger charge is 2.26. The smallest absolute Gasteiger partial charge is 0.338 e. The molecule has 0 unspecified atom stereocenters. The number of hydrogen-bond acceptors (Lipinski definition) is 5. The molecule has 0 radical (unpaired) electrons. The minimum atomic E-state index is -3.56. The first-order chi connectivity index (χ1) is 13.4. The second-order valence-electron chi connectivity index (χ2n) is 6.50. The molecule has 0 amide bonds. The van der Waals surface area contributed by atoms with Crippen molar-refractivity contribution in [2.45, 2.75) is 24.2 Å². The summed E-state index contributed by atoms with van der Waals surface area (Å²) in [5.41, 5.74) is 0.528. The second-order valence-corrected chi connectivity index (χ2v) is 8.87. The quantitative estimate of drug-likeness (QED) is 0.526. The van der Waals surface area contributed by atoms with Crippen LogP contribution in [0.1, 0.15) is 40.0 Å². The zero-order valence-electron chi connectivity index (χ0n) is 15.1. The number of Topliss-reactive ketones (excluding diaryl/α,β-unsaturated/α-hetero) is 1. The number of rotatable bonds is 6. The summed E-state index contributed by atoms with van der Waals surface area (Å²) in [7, 11) is -3.56. The normalized spacial score (nSPS) is 15.2. The van der Waals surface area contributed by atoms with Crippen molar-refractivity contribution in [3.8, 4) is 0 Å². The minimum Gasteiger partial charge on any atom is -0.454 e. The van der Waals surface area contributed by atoms with Gasteiger partial charge in [-0.2, -0.15) is 4.31 Å². The molecule has 148 valence electrons. The van der Waals surface area contributed by atoms with E-state index in [9.17, 15) is 18.0 Å². The summed E-state index contributed by atoms with van der Waals surface area (Å²) in [6.45, 7) is 0.600. The number of carbonyl (C=O) groups excluding carboxylic acids is 2. The molecule has 0 bridgehead atoms. The number of ketones is 1. The molecule has 8 heteroatoms. The number of sulfonamides is 1. The standard InChI is InChI=1S/C20H20ClNO5S/c21-17-6-4-5-16(13-17)19(23)14-27-20(24)15-7-9-18(10-8-15)28(25,26)22-11-2-1-3-12-22/h4-10,13H,1-3,11-12,14H2. The fourth-order valence-corrected chi connectivity index (χ4v) is 4.68. The molecule has 28 heavy (non-hydrogen) atoms. The molecular weight excluding hydrogens is 402 g/mol. The molecule has 0 spiro atoms. The maximum absolute atomic E-state index is 12.6. The van der Waals surface area contributed by atoms with Crippen molar-refractivity contribution in [2.24, 2.45) is 0 Å². The SMILES string of the molecule is O=C(COC(=O)c1ccc(S(=O)(=O)N2CCCCC2)cc1)c1cccc(Cl)c1. The van der Waals surface area contributed by atoms with Crippen molar-refractivity contribution in [1.29, 1.82) is 0 Å². The van der Waals surface area contributed by atoms with Gasteiger partial charge in [-0.25, -0.2) is 13.2 Å². The molecule has 2 aromatic rings. The maximum atomic E-state index is 12.6. The predicted molar refractivity (Wildman–Crippen MR) is 105 cm³/mol. The van der Waals surface area contributed by atoms with Crippen LogP contribution in [0.5, 0.6) is 0 Å². The van der Waals surface area contributed by atoms with E-state index in [2.05, 4.69) is 0 Å². The molecule has 3 rings (SSSR count). The summed E-state index contributed by atoms with van der Waals surface area (Å²) in [5, 5.41) is 0.419. The van der Waals surface area contributed by atoms with E-state index in [1.807, 2.05) is 0 Å². The number of benzene rings is 2. The van der Waals surface area contributed by atoms with Gasteiger partial charge in [-0.05, 0) is 49.2 Å². The molecule has 0 atom stereocenters. The number of carbonyl (C=O) groups is 2. The van der Waals surface area contributed by atoms with Crippen molar-refractivity contribution in [1.82, 2.24) is 4.31 Å². The Bertz CT molecular complexity index is 966. The van der Waals surface area contributed by atoms with E-state index in [0.29, 0.717) is 23.7 Å². The van der Waals surface area contributed by atoms with Gasteiger partial charge in [-0.3, -0.25) is 4.79 Å². The highest BCUT2D eigenvalue weighted by Crippen LogP contribution is 2.21. The zero-order valence-corrected chi connectivity index (χ0v) is 16.7. The summed E-state index contributed by atoms with van der Waals surface area (Å²) in [5.74, 6) is -1.07. The first-order valence-corrected chi connectivity index (χ1v) is 10.8. The molecule has 0 aromatic heterocycles. The summed E-state index contributed by atoms with van der Waals surface area (Å²) in [6.07, 6.45) is 2.74. The van der Waals surface area contributed by atoms with Gasteiger partial charge in [-0.1, -0.05) is 30.2 Å². The van der Waals surface area contributed by atoms with Crippen molar-refractivity contribution < 1.29 is 22.7 Å². The van der Waals surface area contributed by atoms with E-state index in [-0.39, 0.29) is 16.2 Å². The largest absolute Gasteiger partial charge is 0.454 e. The van der Waals surface area contributed by atoms with Crippen molar-refractivity contribution in [3.63, 3.8) is 0 Å². The molecule has 1 fully saturated rings. The Kier molecular flexibility index (Phi) is 6.49. The molecule has 0 saturated carbocycles. The van der Waals surface area contributed by atoms with Crippen LogP contribution in [0.4, 0.5) is 0 Å². The molecule has 0 N–H and O–H groups in total. The lowest BCUT2D eigenvalue weighted by molar-refractivity contribution is 0.0474. The van der Waals surface area contributed by atoms with E-state index in [1.165, 1.54) is 34.6 Å². The molecular formula is C20H20ClNO5S. The Morgan fingerprint density at radius 2 is 1.64 bits per heavy atom. The Balaban J connectivity index is 1.63. The van der Waals surface area contributed by atoms with Crippen molar-refractivity contribution in [3.05, 3.63) is 64.7 Å². The first-order valence-electron chi connectivity index (χ1n) is 8.94. The Morgan fingerprint density at radius 3 is 2.29 bits per heavy atom. The van der Waals surface area contributed by atoms with Crippen LogP contribution in [-0.4, -0.2) is 44.2 Å². The third kappa shape index (κ3) is 4.79. The van der Waals surface area contributed by atoms with Crippen LogP contribution in [0.2, 0.25) is 5.02 Å². The zero-order chi connectivity index (χ0) is 20.1. The van der Waals surface area contributed by atoms with Gasteiger partial charge >= 0.3 is 5.97 Å². The van der Waals surface area contributed by atoms with Gasteiger partial charge in [0.2, 0.25) is 10.0 Å². The third-order valence-corrected chi connectivity index (χ3v) is 6.67. The highest BCUT2D eigenvalue weighted by molar-refractivity contribution is 7.89. The first kappa shape index (κ1) is 20.5. The van der Waals surface area contributed by atoms with E-state index in [1.54, 1.807) is 18.2 Å². The number of ether oxygens (including phenoxy) is 1. The van der Waals surface area contributed by atoms with E-state index >= 15 is 0 Å². The van der Waals surface area contributed by atoms with Crippen molar-refractivity contribution in [2.75, 3.05) is 19.7 Å². The van der Waals surface area contributed by atoms with Crippen LogP contribution in [0, 0.1) is 0 Å². The van der Waals surface area contributed by atoms with Gasteiger partial charge in [0.15, 0.2) is 12.4 Å². The predicted octanol–water partition coefficient (Wildman–Crippen LogP) is 3.55. The number of halogens is 1. The summed E-state index contributed by atoms with van der Waals surface area (Å²) in [6, 6.07) is 11.9. The fraction of sp³-hybridized carbons (Fsp3) is 0.300. The topological polar surface area (TPSA) is 80.8 Å². The van der Waals surface area contributed by atoms with Gasteiger partial charge in [0.25, 0.3) is 0 Å². The van der Waals surface area contributed by atoms with Crippen LogP contribution in [0.15, 0.2) is 53.4 Å². The minimum absolute atomic E-state index is 0.140. The van der Waals surface area contributed by atoms with Gasteiger partial charge in [0, 0.05) is 23.7 Å². The Hall–Kier alpha value is -2.22. The number of esters is 1. The average Bonchev–Trinajstić information content (AvgIpc) is 2.72. The van der Waals surface area contributed by atoms with E-state index in [4.69, 9.17) is 16.3 Å². The molecule has 1 aliphatic heterocycles. The lowest BCUT2D eigenvalue weighted by Gasteiger charge is -2.25. The molecule has 6 nitrogen and oxygen atoms in total. The number of nitrogens with zero attached hydrogens (tertiary/aromatic N) is 1. The maximum Gasteiger partial charge on any atom is 0.338 e. The average molecular weight is 422 g/mol. The summed E-state index contributed by atoms with van der Waals surface area (Å²) >= 11 is 5.84. The summed E-state index contributed by atoms with van der Waals surface area (Å²) in [4.78, 5) is 24.4. The molecule has 1 heterocycles.